The van der Waals surface area contributed by atoms with Crippen LogP contribution in [0, 0.1) is 15.5 Å². The molecule has 7 heteroatoms. The number of amides is 1. The standard InChI is InChI=1S/C19H25N3O4/c1-3-26-17-11-16(19(17)7-4-8-19)21(2)14-10-13-12(5-6-18(23)20-13)9-15(14)22(24)25/h9-10,16-17H,3-8,11H2,1-2H3,(H,20,23). The number of nitro groups is 1. The van der Waals surface area contributed by atoms with Crippen molar-refractivity contribution in [2.45, 2.75) is 57.6 Å². The summed E-state index contributed by atoms with van der Waals surface area (Å²) in [5, 5.41) is 14.5. The average Bonchev–Trinajstić information content (AvgIpc) is 2.55. The Labute approximate surface area is 152 Å². The Bertz CT molecular complexity index is 759. The number of rotatable bonds is 5. The van der Waals surface area contributed by atoms with Crippen LogP contribution in [0.3, 0.4) is 0 Å². The minimum absolute atomic E-state index is 0.0320. The molecule has 1 amide bonds. The van der Waals surface area contributed by atoms with E-state index in [-0.39, 0.29) is 34.1 Å². The first-order valence-corrected chi connectivity index (χ1v) is 9.42. The van der Waals surface area contributed by atoms with Crippen molar-refractivity contribution in [2.75, 3.05) is 23.9 Å². The van der Waals surface area contributed by atoms with Crippen molar-refractivity contribution in [3.8, 4) is 0 Å². The van der Waals surface area contributed by atoms with Gasteiger partial charge < -0.3 is 15.0 Å². The van der Waals surface area contributed by atoms with Gasteiger partial charge in [0.1, 0.15) is 5.69 Å². The molecule has 2 fully saturated rings. The van der Waals surface area contributed by atoms with Crippen molar-refractivity contribution in [1.29, 1.82) is 0 Å². The van der Waals surface area contributed by atoms with Crippen LogP contribution in [-0.4, -0.2) is 36.6 Å². The second-order valence-corrected chi connectivity index (χ2v) is 7.70. The molecule has 1 N–H and O–H groups in total. The zero-order valence-electron chi connectivity index (χ0n) is 15.3. The molecule has 26 heavy (non-hydrogen) atoms. The van der Waals surface area contributed by atoms with E-state index in [2.05, 4.69) is 5.32 Å². The highest BCUT2D eigenvalue weighted by molar-refractivity contribution is 5.95. The monoisotopic (exact) mass is 359 g/mol. The molecule has 4 rings (SSSR count). The van der Waals surface area contributed by atoms with Gasteiger partial charge >= 0.3 is 0 Å². The minimum atomic E-state index is -0.311. The zero-order valence-corrected chi connectivity index (χ0v) is 15.3. The normalized spacial score (nSPS) is 25.7. The lowest BCUT2D eigenvalue weighted by Gasteiger charge is -2.63. The van der Waals surface area contributed by atoms with Gasteiger partial charge in [-0.2, -0.15) is 0 Å². The highest BCUT2D eigenvalue weighted by Crippen LogP contribution is 2.59. The molecule has 1 aromatic carbocycles. The number of hydrogen-bond acceptors (Lipinski definition) is 5. The number of nitro benzene ring substituents is 1. The van der Waals surface area contributed by atoms with Gasteiger partial charge in [-0.25, -0.2) is 0 Å². The Hall–Kier alpha value is -2.15. The van der Waals surface area contributed by atoms with Crippen LogP contribution in [0.1, 0.15) is 44.6 Å². The van der Waals surface area contributed by atoms with E-state index in [1.807, 2.05) is 18.9 Å². The van der Waals surface area contributed by atoms with Gasteiger partial charge in [0.2, 0.25) is 5.91 Å². The Morgan fingerprint density at radius 1 is 1.38 bits per heavy atom. The Balaban J connectivity index is 1.67. The summed E-state index contributed by atoms with van der Waals surface area (Å²) in [6, 6.07) is 3.65. The number of nitrogens with one attached hydrogen (secondary N) is 1. The first-order chi connectivity index (χ1) is 12.5. The molecule has 140 valence electrons. The maximum Gasteiger partial charge on any atom is 0.292 e. The smallest absolute Gasteiger partial charge is 0.292 e. The van der Waals surface area contributed by atoms with Crippen LogP contribution in [-0.2, 0) is 16.0 Å². The molecule has 2 unspecified atom stereocenters. The maximum atomic E-state index is 11.7. The highest BCUT2D eigenvalue weighted by Gasteiger charge is 2.60. The Kier molecular flexibility index (Phi) is 4.14. The first-order valence-electron chi connectivity index (χ1n) is 9.42. The van der Waals surface area contributed by atoms with Crippen LogP contribution in [0.15, 0.2) is 12.1 Å². The highest BCUT2D eigenvalue weighted by atomic mass is 16.6. The molecule has 1 aromatic rings. The molecule has 1 heterocycles. The Morgan fingerprint density at radius 3 is 2.77 bits per heavy atom. The number of anilines is 2. The van der Waals surface area contributed by atoms with Crippen LogP contribution in [0.4, 0.5) is 17.1 Å². The molecule has 2 saturated carbocycles. The summed E-state index contributed by atoms with van der Waals surface area (Å²) in [5.74, 6) is -0.0320. The topological polar surface area (TPSA) is 84.7 Å². The van der Waals surface area contributed by atoms with Crippen LogP contribution >= 0.6 is 0 Å². The van der Waals surface area contributed by atoms with E-state index in [9.17, 15) is 14.9 Å². The van der Waals surface area contributed by atoms with Gasteiger partial charge in [0.05, 0.1) is 11.0 Å². The van der Waals surface area contributed by atoms with Gasteiger partial charge in [-0.05, 0) is 44.2 Å². The van der Waals surface area contributed by atoms with Gasteiger partial charge in [0.25, 0.3) is 5.69 Å². The van der Waals surface area contributed by atoms with Crippen LogP contribution < -0.4 is 10.2 Å². The lowest BCUT2D eigenvalue weighted by atomic mass is 9.50. The van der Waals surface area contributed by atoms with Crippen LogP contribution in [0.2, 0.25) is 0 Å². The van der Waals surface area contributed by atoms with Crippen LogP contribution in [0.5, 0.6) is 0 Å². The van der Waals surface area contributed by atoms with E-state index < -0.39 is 0 Å². The zero-order chi connectivity index (χ0) is 18.5. The van der Waals surface area contributed by atoms with Gasteiger partial charge in [-0.3, -0.25) is 14.9 Å². The molecular weight excluding hydrogens is 334 g/mol. The van der Waals surface area contributed by atoms with E-state index in [0.29, 0.717) is 30.8 Å². The average molecular weight is 359 g/mol. The van der Waals surface area contributed by atoms with E-state index in [0.717, 1.165) is 24.8 Å². The molecule has 0 bridgehead atoms. The van der Waals surface area contributed by atoms with Gasteiger partial charge in [-0.15, -0.1) is 0 Å². The van der Waals surface area contributed by atoms with Crippen molar-refractivity contribution in [1.82, 2.24) is 0 Å². The number of hydrogen-bond donors (Lipinski definition) is 1. The van der Waals surface area contributed by atoms with E-state index in [1.54, 1.807) is 12.1 Å². The molecule has 1 aliphatic heterocycles. The minimum Gasteiger partial charge on any atom is -0.378 e. The van der Waals surface area contributed by atoms with E-state index >= 15 is 0 Å². The largest absolute Gasteiger partial charge is 0.378 e. The van der Waals surface area contributed by atoms with Gasteiger partial charge in [0, 0.05) is 43.3 Å². The molecule has 0 aromatic heterocycles. The SMILES string of the molecule is CCOC1CC(N(C)c2cc3c(cc2[N+](=O)[O-])CCC(=O)N3)C12CCC2. The summed E-state index contributed by atoms with van der Waals surface area (Å²) in [4.78, 5) is 25.1. The summed E-state index contributed by atoms with van der Waals surface area (Å²) < 4.78 is 5.92. The van der Waals surface area contributed by atoms with Crippen LogP contribution in [0.25, 0.3) is 0 Å². The predicted octanol–water partition coefficient (Wildman–Crippen LogP) is 3.26. The third-order valence-corrected chi connectivity index (χ3v) is 6.53. The number of carbonyl (C=O) groups is 1. The molecule has 2 aliphatic carbocycles. The van der Waals surface area contributed by atoms with E-state index in [1.165, 1.54) is 6.42 Å². The third-order valence-electron chi connectivity index (χ3n) is 6.53. The lowest BCUT2D eigenvalue weighted by molar-refractivity contribution is -0.384. The quantitative estimate of drug-likeness (QED) is 0.644. The molecule has 1 spiro atoms. The number of fused-ring (bicyclic) bond motifs is 1. The van der Waals surface area contributed by atoms with Crippen molar-refractivity contribution in [2.24, 2.45) is 5.41 Å². The third kappa shape index (κ3) is 2.48. The second-order valence-electron chi connectivity index (χ2n) is 7.70. The van der Waals surface area contributed by atoms with Crippen molar-refractivity contribution >= 4 is 23.0 Å². The number of carbonyl (C=O) groups excluding carboxylic acids is 1. The molecule has 7 nitrogen and oxygen atoms in total. The summed E-state index contributed by atoms with van der Waals surface area (Å²) in [6.07, 6.45) is 5.49. The second kappa shape index (κ2) is 6.23. The fraction of sp³-hybridized carbons (Fsp3) is 0.632. The van der Waals surface area contributed by atoms with Gasteiger partial charge in [-0.1, -0.05) is 6.42 Å². The van der Waals surface area contributed by atoms with Crippen molar-refractivity contribution < 1.29 is 14.5 Å². The predicted molar refractivity (Wildman–Crippen MR) is 98.6 cm³/mol. The summed E-state index contributed by atoms with van der Waals surface area (Å²) in [7, 11) is 1.94. The number of nitrogens with zero attached hydrogens (tertiary/aromatic N) is 2. The number of ether oxygens (including phenoxy) is 1. The Morgan fingerprint density at radius 2 is 2.15 bits per heavy atom. The lowest BCUT2D eigenvalue weighted by Crippen LogP contribution is -2.67. The summed E-state index contributed by atoms with van der Waals surface area (Å²) in [6.45, 7) is 2.72. The molecule has 0 radical (unpaired) electrons. The summed E-state index contributed by atoms with van der Waals surface area (Å²) >= 11 is 0. The summed E-state index contributed by atoms with van der Waals surface area (Å²) in [5.41, 5.74) is 2.38. The maximum absolute atomic E-state index is 11.7. The number of benzene rings is 1. The fourth-order valence-electron chi connectivity index (χ4n) is 4.95. The molecule has 0 saturated heterocycles. The van der Waals surface area contributed by atoms with Gasteiger partial charge in [0.15, 0.2) is 0 Å². The first kappa shape index (κ1) is 17.3. The molecular formula is C19H25N3O4. The van der Waals surface area contributed by atoms with E-state index in [4.69, 9.17) is 4.74 Å². The van der Waals surface area contributed by atoms with Crippen molar-refractivity contribution in [3.63, 3.8) is 0 Å². The molecule has 3 aliphatic rings. The number of aryl methyl sites for hydroxylation is 1. The fourth-order valence-corrected chi connectivity index (χ4v) is 4.95. The van der Waals surface area contributed by atoms with Crippen molar-refractivity contribution in [3.05, 3.63) is 27.8 Å². The molecule has 2 atom stereocenters.